The van der Waals surface area contributed by atoms with Crippen LogP contribution in [-0.4, -0.2) is 30.0 Å². The highest BCUT2D eigenvalue weighted by Crippen LogP contribution is 2.21. The fourth-order valence-electron chi connectivity index (χ4n) is 2.61. The number of aromatic amines is 1. The zero-order valence-electron chi connectivity index (χ0n) is 16.0. The molecule has 1 heterocycles. The van der Waals surface area contributed by atoms with Crippen molar-refractivity contribution in [3.63, 3.8) is 0 Å². The summed E-state index contributed by atoms with van der Waals surface area (Å²) in [5.41, 5.74) is 0.906. The zero-order valence-corrected chi connectivity index (χ0v) is 17.7. The molecule has 0 aliphatic heterocycles. The van der Waals surface area contributed by atoms with Crippen LogP contribution in [0, 0.1) is 11.3 Å². The van der Waals surface area contributed by atoms with Gasteiger partial charge in [-0.3, -0.25) is 9.59 Å². The molecule has 0 radical (unpaired) electrons. The van der Waals surface area contributed by atoms with Crippen LogP contribution in [0.2, 0.25) is 0 Å². The number of benzene rings is 2. The van der Waals surface area contributed by atoms with Gasteiger partial charge in [0.1, 0.15) is 11.6 Å². The molecule has 2 aromatic carbocycles. The largest absolute Gasteiger partial charge is 0.351 e. The van der Waals surface area contributed by atoms with Crippen LogP contribution in [0.1, 0.15) is 11.1 Å². The summed E-state index contributed by atoms with van der Waals surface area (Å²) in [6, 6.07) is 16.5. The highest BCUT2D eigenvalue weighted by molar-refractivity contribution is 7.99. The molecule has 0 spiro atoms. The van der Waals surface area contributed by atoms with Crippen LogP contribution < -0.4 is 16.0 Å². The van der Waals surface area contributed by atoms with Crippen LogP contribution in [0.25, 0.3) is 11.3 Å². The van der Waals surface area contributed by atoms with E-state index in [9.17, 15) is 23.3 Å². The Balaban J connectivity index is 1.65. The van der Waals surface area contributed by atoms with Crippen LogP contribution in [0.4, 0.5) is 0 Å². The zero-order chi connectivity index (χ0) is 22.4. The van der Waals surface area contributed by atoms with E-state index in [4.69, 9.17) is 5.14 Å². The molecule has 0 fully saturated rings. The molecule has 1 aromatic heterocycles. The SMILES string of the molecule is N#Cc1c(-c2ccccc2)nc(SCC(=O)NCc2ccc(S(N)(=O)=O)cc2)[nH]c1=O. The van der Waals surface area contributed by atoms with Crippen molar-refractivity contribution in [2.75, 3.05) is 5.75 Å². The molecule has 31 heavy (non-hydrogen) atoms. The topological polar surface area (TPSA) is 159 Å². The van der Waals surface area contributed by atoms with Gasteiger partial charge in [0, 0.05) is 12.1 Å². The van der Waals surface area contributed by atoms with Crippen molar-refractivity contribution in [3.8, 4) is 17.3 Å². The number of H-pyrrole nitrogens is 1. The lowest BCUT2D eigenvalue weighted by Gasteiger charge is -2.08. The van der Waals surface area contributed by atoms with E-state index in [-0.39, 0.29) is 39.5 Å². The van der Waals surface area contributed by atoms with Gasteiger partial charge in [0.2, 0.25) is 15.9 Å². The molecule has 3 aromatic rings. The fourth-order valence-corrected chi connectivity index (χ4v) is 3.82. The first-order valence-electron chi connectivity index (χ1n) is 8.89. The molecule has 0 aliphatic rings. The second kappa shape index (κ2) is 9.57. The van der Waals surface area contributed by atoms with Crippen molar-refractivity contribution in [1.82, 2.24) is 15.3 Å². The number of thioether (sulfide) groups is 1. The lowest BCUT2D eigenvalue weighted by atomic mass is 10.1. The Morgan fingerprint density at radius 1 is 1.16 bits per heavy atom. The fraction of sp³-hybridized carbons (Fsp3) is 0.100. The summed E-state index contributed by atoms with van der Waals surface area (Å²) in [7, 11) is -3.77. The van der Waals surface area contributed by atoms with Crippen LogP contribution in [0.5, 0.6) is 0 Å². The molecule has 1 amide bonds. The van der Waals surface area contributed by atoms with Crippen molar-refractivity contribution in [1.29, 1.82) is 5.26 Å². The first-order valence-corrected chi connectivity index (χ1v) is 11.4. The molecular weight excluding hydrogens is 438 g/mol. The second-order valence-electron chi connectivity index (χ2n) is 6.33. The molecular formula is C20H17N5O4S2. The van der Waals surface area contributed by atoms with Gasteiger partial charge in [-0.2, -0.15) is 5.26 Å². The molecule has 0 saturated heterocycles. The van der Waals surface area contributed by atoms with Gasteiger partial charge in [-0.05, 0) is 17.7 Å². The summed E-state index contributed by atoms with van der Waals surface area (Å²) < 4.78 is 22.5. The van der Waals surface area contributed by atoms with E-state index in [1.54, 1.807) is 36.4 Å². The summed E-state index contributed by atoms with van der Waals surface area (Å²) in [5, 5.41) is 17.3. The molecule has 9 nitrogen and oxygen atoms in total. The third-order valence-corrected chi connectivity index (χ3v) is 5.94. The predicted molar refractivity (Wildman–Crippen MR) is 115 cm³/mol. The van der Waals surface area contributed by atoms with E-state index in [2.05, 4.69) is 15.3 Å². The number of carbonyl (C=O) groups excluding carboxylic acids is 1. The molecule has 0 aliphatic carbocycles. The van der Waals surface area contributed by atoms with Gasteiger partial charge in [0.25, 0.3) is 5.56 Å². The highest BCUT2D eigenvalue weighted by atomic mass is 32.2. The third-order valence-electron chi connectivity index (χ3n) is 4.14. The summed E-state index contributed by atoms with van der Waals surface area (Å²) in [5.74, 6) is -0.327. The first-order chi connectivity index (χ1) is 14.8. The van der Waals surface area contributed by atoms with E-state index in [0.717, 1.165) is 11.8 Å². The lowest BCUT2D eigenvalue weighted by molar-refractivity contribution is -0.118. The van der Waals surface area contributed by atoms with Crippen LogP contribution >= 0.6 is 11.8 Å². The Morgan fingerprint density at radius 2 is 1.84 bits per heavy atom. The smallest absolute Gasteiger partial charge is 0.270 e. The Labute approximate surface area is 182 Å². The van der Waals surface area contributed by atoms with E-state index in [1.807, 2.05) is 12.1 Å². The number of nitrogens with one attached hydrogen (secondary N) is 2. The number of rotatable bonds is 7. The monoisotopic (exact) mass is 455 g/mol. The molecule has 0 saturated carbocycles. The number of nitrogens with two attached hydrogens (primary N) is 1. The standard InChI is InChI=1S/C20H17N5O4S2/c21-10-16-18(14-4-2-1-3-5-14)24-20(25-19(16)27)30-12-17(26)23-11-13-6-8-15(9-7-13)31(22,28)29/h1-9H,11-12H2,(H,23,26)(H2,22,28,29)(H,24,25,27). The molecule has 0 bridgehead atoms. The van der Waals surface area contributed by atoms with Gasteiger partial charge in [0.05, 0.1) is 16.3 Å². The minimum Gasteiger partial charge on any atom is -0.351 e. The number of carbonyl (C=O) groups is 1. The number of aromatic nitrogens is 2. The van der Waals surface area contributed by atoms with E-state index < -0.39 is 15.6 Å². The number of hydrogen-bond donors (Lipinski definition) is 3. The first kappa shape index (κ1) is 22.2. The summed E-state index contributed by atoms with van der Waals surface area (Å²) in [4.78, 5) is 31.2. The number of sulfonamides is 1. The summed E-state index contributed by atoms with van der Waals surface area (Å²) in [6.45, 7) is 0.191. The Hall–Kier alpha value is -3.46. The molecule has 0 unspecified atom stereocenters. The maximum absolute atomic E-state index is 12.2. The van der Waals surface area contributed by atoms with Gasteiger partial charge < -0.3 is 10.3 Å². The molecule has 3 rings (SSSR count). The van der Waals surface area contributed by atoms with E-state index in [0.29, 0.717) is 11.1 Å². The van der Waals surface area contributed by atoms with Crippen LogP contribution in [0.3, 0.4) is 0 Å². The average Bonchev–Trinajstić information content (AvgIpc) is 2.76. The molecule has 0 atom stereocenters. The van der Waals surface area contributed by atoms with E-state index in [1.165, 1.54) is 12.1 Å². The Bertz CT molecular complexity index is 1300. The second-order valence-corrected chi connectivity index (χ2v) is 8.85. The lowest BCUT2D eigenvalue weighted by Crippen LogP contribution is -2.25. The Morgan fingerprint density at radius 3 is 2.45 bits per heavy atom. The minimum absolute atomic E-state index is 0.0109. The highest BCUT2D eigenvalue weighted by Gasteiger charge is 2.14. The van der Waals surface area contributed by atoms with E-state index >= 15 is 0 Å². The van der Waals surface area contributed by atoms with Crippen molar-refractivity contribution in [2.24, 2.45) is 5.14 Å². The molecule has 11 heteroatoms. The van der Waals surface area contributed by atoms with Gasteiger partial charge in [0.15, 0.2) is 5.16 Å². The normalized spacial score (nSPS) is 11.0. The average molecular weight is 456 g/mol. The number of nitrogens with zero attached hydrogens (tertiary/aromatic N) is 2. The van der Waals surface area contributed by atoms with Crippen LogP contribution in [0.15, 0.2) is 69.4 Å². The molecule has 158 valence electrons. The number of hydrogen-bond acceptors (Lipinski definition) is 7. The van der Waals surface area contributed by atoms with Crippen molar-refractivity contribution in [3.05, 3.63) is 76.1 Å². The minimum atomic E-state index is -3.77. The number of primary sulfonamides is 1. The Kier molecular flexibility index (Phi) is 6.86. The maximum Gasteiger partial charge on any atom is 0.270 e. The molecule has 4 N–H and O–H groups in total. The van der Waals surface area contributed by atoms with Crippen molar-refractivity contribution >= 4 is 27.7 Å². The summed E-state index contributed by atoms with van der Waals surface area (Å²) >= 11 is 1.03. The van der Waals surface area contributed by atoms with Crippen molar-refractivity contribution in [2.45, 2.75) is 16.6 Å². The van der Waals surface area contributed by atoms with Gasteiger partial charge in [-0.25, -0.2) is 18.5 Å². The third kappa shape index (κ3) is 5.79. The van der Waals surface area contributed by atoms with Crippen LogP contribution in [-0.2, 0) is 21.4 Å². The quantitative estimate of drug-likeness (QED) is 0.358. The predicted octanol–water partition coefficient (Wildman–Crippen LogP) is 1.36. The number of nitriles is 1. The summed E-state index contributed by atoms with van der Waals surface area (Å²) in [6.07, 6.45) is 0. The van der Waals surface area contributed by atoms with Gasteiger partial charge >= 0.3 is 0 Å². The van der Waals surface area contributed by atoms with Crippen molar-refractivity contribution < 1.29 is 13.2 Å². The maximum atomic E-state index is 12.2. The van der Waals surface area contributed by atoms with Gasteiger partial charge in [-0.1, -0.05) is 54.2 Å². The number of amides is 1. The van der Waals surface area contributed by atoms with Gasteiger partial charge in [-0.15, -0.1) is 0 Å².